The van der Waals surface area contributed by atoms with Gasteiger partial charge in [0.1, 0.15) is 14.0 Å². The fourth-order valence-corrected chi connectivity index (χ4v) is 5.27. The van der Waals surface area contributed by atoms with Crippen LogP contribution in [0.15, 0.2) is 30.3 Å². The maximum atomic E-state index is 11.7. The van der Waals surface area contributed by atoms with Gasteiger partial charge in [0, 0.05) is 12.2 Å². The van der Waals surface area contributed by atoms with Crippen molar-refractivity contribution < 1.29 is 9.53 Å². The van der Waals surface area contributed by atoms with E-state index in [2.05, 4.69) is 30.5 Å². The molecule has 0 heterocycles. The number of para-hydroxylation sites is 1. The summed E-state index contributed by atoms with van der Waals surface area (Å²) < 4.78 is 7.74. The summed E-state index contributed by atoms with van der Waals surface area (Å²) in [5, 5.41) is 0. The Kier molecular flexibility index (Phi) is 7.33. The Morgan fingerprint density at radius 2 is 1.90 bits per heavy atom. The molecule has 0 aliphatic heterocycles. The van der Waals surface area contributed by atoms with Gasteiger partial charge in [-0.25, -0.2) is 0 Å². The summed E-state index contributed by atoms with van der Waals surface area (Å²) in [4.78, 5) is 11.7. The quantitative estimate of drug-likeness (QED) is 0.237. The Morgan fingerprint density at radius 1 is 1.25 bits per heavy atom. The normalized spacial score (nSPS) is 11.7. The fourth-order valence-electron chi connectivity index (χ4n) is 1.82. The molecule has 0 fully saturated rings. The van der Waals surface area contributed by atoms with Gasteiger partial charge >= 0.3 is 5.97 Å². The number of benzene rings is 1. The first-order valence-electron chi connectivity index (χ1n) is 7.09. The molecule has 0 saturated carbocycles. The monoisotopic (exact) mass is 311 g/mol. The highest BCUT2D eigenvalue weighted by Crippen LogP contribution is 2.21. The maximum Gasteiger partial charge on any atom is 0.311 e. The van der Waals surface area contributed by atoms with E-state index in [1.807, 2.05) is 30.1 Å². The lowest BCUT2D eigenvalue weighted by Crippen LogP contribution is -2.41. The molecule has 1 aromatic rings. The Morgan fingerprint density at radius 3 is 2.45 bits per heavy atom. The van der Waals surface area contributed by atoms with E-state index in [4.69, 9.17) is 4.74 Å². The first kappa shape index (κ1) is 17.3. The average Bonchev–Trinajstić information content (AvgIpc) is 2.38. The highest BCUT2D eigenvalue weighted by atomic mass is 32.2. The van der Waals surface area contributed by atoms with Crippen LogP contribution in [0.3, 0.4) is 0 Å². The summed E-state index contributed by atoms with van der Waals surface area (Å²) in [6.07, 6.45) is 1.34. The summed E-state index contributed by atoms with van der Waals surface area (Å²) in [6, 6.07) is 9.24. The summed E-state index contributed by atoms with van der Waals surface area (Å²) in [5.41, 5.74) is 0. The molecule has 1 rings (SSSR count). The third kappa shape index (κ3) is 6.59. The lowest BCUT2D eigenvalue weighted by atomic mass is 10.3. The Labute approximate surface area is 127 Å². The second kappa shape index (κ2) is 8.49. The van der Waals surface area contributed by atoms with Gasteiger partial charge in [-0.2, -0.15) is 0 Å². The molecule has 0 aromatic heterocycles. The first-order chi connectivity index (χ1) is 9.43. The molecule has 3 nitrogen and oxygen atoms in total. The standard InChI is InChI=1S/C15H25NO2SSi/c1-5-16(20(2,3)4)19-13-9-12-15(17)18-14-10-7-6-8-11-14/h6-8,10-11H,5,9,12-13H2,1-4H3. The van der Waals surface area contributed by atoms with E-state index in [9.17, 15) is 4.79 Å². The number of hydrogen-bond acceptors (Lipinski definition) is 4. The predicted octanol–water partition coefficient (Wildman–Crippen LogP) is 4.18. The van der Waals surface area contributed by atoms with Gasteiger partial charge in [-0.3, -0.25) is 8.77 Å². The topological polar surface area (TPSA) is 29.5 Å². The number of carbonyl (C=O) groups excluding carboxylic acids is 1. The van der Waals surface area contributed by atoms with Crippen molar-refractivity contribution in [2.75, 3.05) is 12.3 Å². The van der Waals surface area contributed by atoms with Crippen molar-refractivity contribution in [3.05, 3.63) is 30.3 Å². The molecule has 0 N–H and O–H groups in total. The van der Waals surface area contributed by atoms with E-state index in [0.717, 1.165) is 18.7 Å². The highest BCUT2D eigenvalue weighted by Gasteiger charge is 2.22. The summed E-state index contributed by atoms with van der Waals surface area (Å²) >= 11 is 1.86. The minimum atomic E-state index is -1.24. The number of ether oxygens (including phenoxy) is 1. The summed E-state index contributed by atoms with van der Waals surface area (Å²) in [5.74, 6) is 1.46. The number of hydrogen-bond donors (Lipinski definition) is 0. The summed E-state index contributed by atoms with van der Waals surface area (Å²) in [6.45, 7) is 10.3. The van der Waals surface area contributed by atoms with Gasteiger partial charge in [0.15, 0.2) is 0 Å². The van der Waals surface area contributed by atoms with Crippen molar-refractivity contribution in [3.63, 3.8) is 0 Å². The van der Waals surface area contributed by atoms with Crippen molar-refractivity contribution in [2.45, 2.75) is 39.4 Å². The molecule has 112 valence electrons. The van der Waals surface area contributed by atoms with Gasteiger partial charge in [0.2, 0.25) is 0 Å². The van der Waals surface area contributed by atoms with Gasteiger partial charge in [-0.1, -0.05) is 56.7 Å². The van der Waals surface area contributed by atoms with Crippen LogP contribution < -0.4 is 4.74 Å². The van der Waals surface area contributed by atoms with Crippen LogP contribution in [-0.2, 0) is 4.79 Å². The molecule has 0 atom stereocenters. The third-order valence-electron chi connectivity index (χ3n) is 2.78. The van der Waals surface area contributed by atoms with Gasteiger partial charge in [-0.15, -0.1) is 0 Å². The van der Waals surface area contributed by atoms with Crippen molar-refractivity contribution in [1.82, 2.24) is 3.97 Å². The molecular weight excluding hydrogens is 286 g/mol. The lowest BCUT2D eigenvalue weighted by Gasteiger charge is -2.31. The van der Waals surface area contributed by atoms with Crippen LogP contribution in [0, 0.1) is 0 Å². The minimum Gasteiger partial charge on any atom is -0.427 e. The molecule has 5 heteroatoms. The molecule has 0 saturated heterocycles. The van der Waals surface area contributed by atoms with E-state index in [0.29, 0.717) is 12.2 Å². The number of nitrogens with zero attached hydrogens (tertiary/aromatic N) is 1. The number of rotatable bonds is 8. The molecular formula is C15H25NO2SSi. The predicted molar refractivity (Wildman–Crippen MR) is 89.5 cm³/mol. The minimum absolute atomic E-state index is 0.146. The molecule has 0 aliphatic rings. The van der Waals surface area contributed by atoms with Crippen LogP contribution in [0.25, 0.3) is 0 Å². The van der Waals surface area contributed by atoms with Crippen LogP contribution in [0.5, 0.6) is 5.75 Å². The van der Waals surface area contributed by atoms with E-state index >= 15 is 0 Å². The van der Waals surface area contributed by atoms with Crippen LogP contribution in [0.2, 0.25) is 19.6 Å². The number of carbonyl (C=O) groups is 1. The van der Waals surface area contributed by atoms with Crippen molar-refractivity contribution >= 4 is 26.2 Å². The molecule has 0 radical (unpaired) electrons. The molecule has 20 heavy (non-hydrogen) atoms. The SMILES string of the molecule is CCN(SCCCC(=O)Oc1ccccc1)[Si](C)(C)C. The van der Waals surface area contributed by atoms with E-state index in [1.54, 1.807) is 12.1 Å². The highest BCUT2D eigenvalue weighted by molar-refractivity contribution is 7.98. The van der Waals surface area contributed by atoms with E-state index < -0.39 is 8.24 Å². The van der Waals surface area contributed by atoms with Crippen molar-refractivity contribution in [3.8, 4) is 5.75 Å². The van der Waals surface area contributed by atoms with Crippen molar-refractivity contribution in [1.29, 1.82) is 0 Å². The van der Waals surface area contributed by atoms with Gasteiger partial charge in [0.25, 0.3) is 0 Å². The maximum absolute atomic E-state index is 11.7. The van der Waals surface area contributed by atoms with Gasteiger partial charge < -0.3 is 4.74 Å². The zero-order chi connectivity index (χ0) is 15.0. The zero-order valence-electron chi connectivity index (χ0n) is 12.9. The smallest absolute Gasteiger partial charge is 0.311 e. The second-order valence-electron chi connectivity index (χ2n) is 5.59. The zero-order valence-corrected chi connectivity index (χ0v) is 14.7. The second-order valence-corrected chi connectivity index (χ2v) is 11.9. The van der Waals surface area contributed by atoms with Crippen molar-refractivity contribution in [2.24, 2.45) is 0 Å². The van der Waals surface area contributed by atoms with Crippen LogP contribution in [-0.4, -0.2) is 30.5 Å². The van der Waals surface area contributed by atoms with Crippen LogP contribution in [0.4, 0.5) is 0 Å². The first-order valence-corrected chi connectivity index (χ1v) is 11.5. The van der Waals surface area contributed by atoms with Crippen LogP contribution >= 0.6 is 11.9 Å². The van der Waals surface area contributed by atoms with E-state index in [1.165, 1.54) is 0 Å². The van der Waals surface area contributed by atoms with E-state index in [-0.39, 0.29) is 5.97 Å². The Balaban J connectivity index is 2.22. The molecule has 0 aliphatic carbocycles. The molecule has 0 bridgehead atoms. The molecule has 0 unspecified atom stereocenters. The van der Waals surface area contributed by atoms with Crippen LogP contribution in [0.1, 0.15) is 19.8 Å². The largest absolute Gasteiger partial charge is 0.427 e. The third-order valence-corrected chi connectivity index (χ3v) is 7.67. The Hall–Kier alpha value is -0.783. The lowest BCUT2D eigenvalue weighted by molar-refractivity contribution is -0.134. The molecule has 0 spiro atoms. The molecule has 1 aromatic carbocycles. The fraction of sp³-hybridized carbons (Fsp3) is 0.533. The average molecular weight is 312 g/mol. The summed E-state index contributed by atoms with van der Waals surface area (Å²) in [7, 11) is -1.24. The van der Waals surface area contributed by atoms with Gasteiger partial charge in [-0.05, 0) is 25.1 Å². The molecule has 0 amide bonds. The number of esters is 1. The Bertz CT molecular complexity index is 406. The van der Waals surface area contributed by atoms with Gasteiger partial charge in [0.05, 0.1) is 0 Å².